The Morgan fingerprint density at radius 3 is 2.29 bits per heavy atom. The number of hydrogen-bond donors (Lipinski definition) is 0. The lowest BCUT2D eigenvalue weighted by atomic mass is 10.1. The molecule has 3 nitrogen and oxygen atoms in total. The average Bonchev–Trinajstić information content (AvgIpc) is 3.01. The highest BCUT2D eigenvalue weighted by molar-refractivity contribution is 5.78. The second-order valence-electron chi connectivity index (χ2n) is 5.63. The Kier molecular flexibility index (Phi) is 3.75. The highest BCUT2D eigenvalue weighted by atomic mass is 16.5. The van der Waals surface area contributed by atoms with Gasteiger partial charge in [0.25, 0.3) is 0 Å². The van der Waals surface area contributed by atoms with Gasteiger partial charge in [-0.05, 0) is 18.2 Å². The van der Waals surface area contributed by atoms with Crippen molar-refractivity contribution >= 4 is 5.52 Å². The largest absolute Gasteiger partial charge is 0.457 e. The number of ether oxygens (including phenoxy) is 1. The molecule has 4 aromatic rings. The van der Waals surface area contributed by atoms with E-state index < -0.39 is 0 Å². The van der Waals surface area contributed by atoms with Gasteiger partial charge >= 0.3 is 0 Å². The molecule has 24 heavy (non-hydrogen) atoms. The smallest absolute Gasteiger partial charge is 0.131 e. The SMILES string of the molecule is CCc1nc(-c2ccccc2)c2cc(Oc3ccccc3)ccn12. The molecule has 0 aliphatic carbocycles. The first kappa shape index (κ1) is 14.5. The van der Waals surface area contributed by atoms with Crippen molar-refractivity contribution in [3.8, 4) is 22.8 Å². The zero-order valence-corrected chi connectivity index (χ0v) is 13.5. The van der Waals surface area contributed by atoms with Gasteiger partial charge in [-0.25, -0.2) is 4.98 Å². The fraction of sp³-hybridized carbons (Fsp3) is 0.0952. The van der Waals surface area contributed by atoms with Crippen molar-refractivity contribution in [2.45, 2.75) is 13.3 Å². The Hall–Kier alpha value is -3.07. The maximum atomic E-state index is 5.98. The molecule has 0 fully saturated rings. The van der Waals surface area contributed by atoms with Crippen LogP contribution >= 0.6 is 0 Å². The van der Waals surface area contributed by atoms with Gasteiger partial charge in [-0.2, -0.15) is 0 Å². The van der Waals surface area contributed by atoms with Crippen molar-refractivity contribution in [2.24, 2.45) is 0 Å². The van der Waals surface area contributed by atoms with E-state index in [-0.39, 0.29) is 0 Å². The topological polar surface area (TPSA) is 26.5 Å². The Bertz CT molecular complexity index is 959. The first-order valence-electron chi connectivity index (χ1n) is 8.14. The van der Waals surface area contributed by atoms with Crippen LogP contribution in [0.3, 0.4) is 0 Å². The average molecular weight is 314 g/mol. The van der Waals surface area contributed by atoms with Gasteiger partial charge < -0.3 is 9.14 Å². The maximum Gasteiger partial charge on any atom is 0.131 e. The van der Waals surface area contributed by atoms with Crippen molar-refractivity contribution in [3.63, 3.8) is 0 Å². The standard InChI is InChI=1S/C21H18N2O/c1-2-20-22-21(16-9-5-3-6-10-16)19-15-18(13-14-23(19)20)24-17-11-7-4-8-12-17/h3-15H,2H2,1H3. The molecule has 2 aromatic heterocycles. The normalized spacial score (nSPS) is 10.9. The molecule has 0 saturated carbocycles. The summed E-state index contributed by atoms with van der Waals surface area (Å²) in [4.78, 5) is 4.83. The van der Waals surface area contributed by atoms with Crippen LogP contribution in [0.15, 0.2) is 79.0 Å². The summed E-state index contributed by atoms with van der Waals surface area (Å²) in [5.41, 5.74) is 3.17. The van der Waals surface area contributed by atoms with Gasteiger partial charge in [-0.1, -0.05) is 55.5 Å². The summed E-state index contributed by atoms with van der Waals surface area (Å²) in [7, 11) is 0. The lowest BCUT2D eigenvalue weighted by Gasteiger charge is -2.07. The molecule has 0 amide bonds. The predicted molar refractivity (Wildman–Crippen MR) is 96.5 cm³/mol. The number of rotatable bonds is 4. The fourth-order valence-corrected chi connectivity index (χ4v) is 2.87. The van der Waals surface area contributed by atoms with Crippen LogP contribution in [0.1, 0.15) is 12.7 Å². The zero-order valence-electron chi connectivity index (χ0n) is 13.5. The summed E-state index contributed by atoms with van der Waals surface area (Å²) in [5, 5.41) is 0. The van der Waals surface area contributed by atoms with Crippen LogP contribution in [0.2, 0.25) is 0 Å². The molecule has 2 heterocycles. The van der Waals surface area contributed by atoms with E-state index in [4.69, 9.17) is 9.72 Å². The monoisotopic (exact) mass is 314 g/mol. The highest BCUT2D eigenvalue weighted by Crippen LogP contribution is 2.29. The number of aryl methyl sites for hydroxylation is 1. The molecule has 2 aromatic carbocycles. The highest BCUT2D eigenvalue weighted by Gasteiger charge is 2.12. The van der Waals surface area contributed by atoms with Gasteiger partial charge in [0.15, 0.2) is 0 Å². The van der Waals surface area contributed by atoms with Crippen molar-refractivity contribution in [1.29, 1.82) is 0 Å². The molecule has 0 aliphatic rings. The van der Waals surface area contributed by atoms with E-state index in [1.54, 1.807) is 0 Å². The van der Waals surface area contributed by atoms with Crippen LogP contribution in [0.5, 0.6) is 11.5 Å². The van der Waals surface area contributed by atoms with Crippen molar-refractivity contribution in [1.82, 2.24) is 9.38 Å². The third kappa shape index (κ3) is 2.65. The molecule has 0 atom stereocenters. The zero-order chi connectivity index (χ0) is 16.4. The molecule has 118 valence electrons. The second kappa shape index (κ2) is 6.20. The van der Waals surface area contributed by atoms with Gasteiger partial charge in [-0.3, -0.25) is 0 Å². The summed E-state index contributed by atoms with van der Waals surface area (Å²) in [6.45, 7) is 2.12. The summed E-state index contributed by atoms with van der Waals surface area (Å²) in [6, 6.07) is 24.1. The van der Waals surface area contributed by atoms with E-state index in [9.17, 15) is 0 Å². The second-order valence-corrected chi connectivity index (χ2v) is 5.63. The number of aromatic nitrogens is 2. The fourth-order valence-electron chi connectivity index (χ4n) is 2.87. The van der Waals surface area contributed by atoms with Gasteiger partial charge in [0.05, 0.1) is 11.2 Å². The summed E-state index contributed by atoms with van der Waals surface area (Å²) < 4.78 is 8.12. The quantitative estimate of drug-likeness (QED) is 0.507. The summed E-state index contributed by atoms with van der Waals surface area (Å²) >= 11 is 0. The molecule has 0 unspecified atom stereocenters. The lowest BCUT2D eigenvalue weighted by molar-refractivity contribution is 0.482. The molecule has 0 N–H and O–H groups in total. The third-order valence-corrected chi connectivity index (χ3v) is 4.03. The Morgan fingerprint density at radius 2 is 1.58 bits per heavy atom. The minimum absolute atomic E-state index is 0.813. The van der Waals surface area contributed by atoms with E-state index >= 15 is 0 Å². The molecule has 4 rings (SSSR count). The van der Waals surface area contributed by atoms with Crippen LogP contribution in [-0.2, 0) is 6.42 Å². The van der Waals surface area contributed by atoms with E-state index in [1.165, 1.54) is 0 Å². The van der Waals surface area contributed by atoms with Crippen LogP contribution in [0.4, 0.5) is 0 Å². The Labute approximate surface area is 141 Å². The van der Waals surface area contributed by atoms with E-state index in [0.717, 1.165) is 40.5 Å². The van der Waals surface area contributed by atoms with Crippen LogP contribution < -0.4 is 4.74 Å². The van der Waals surface area contributed by atoms with Gasteiger partial charge in [0.2, 0.25) is 0 Å². The first-order valence-corrected chi connectivity index (χ1v) is 8.14. The molecular formula is C21H18N2O. The van der Waals surface area contributed by atoms with E-state index in [2.05, 4.69) is 29.5 Å². The molecule has 0 bridgehead atoms. The number of para-hydroxylation sites is 1. The van der Waals surface area contributed by atoms with E-state index in [1.807, 2.05) is 60.8 Å². The predicted octanol–water partition coefficient (Wildman–Crippen LogP) is 5.36. The summed E-state index contributed by atoms with van der Waals surface area (Å²) in [5.74, 6) is 2.70. The van der Waals surface area contributed by atoms with E-state index in [0.29, 0.717) is 0 Å². The molecule has 0 spiro atoms. The van der Waals surface area contributed by atoms with Gasteiger partial charge in [0.1, 0.15) is 17.3 Å². The Balaban J connectivity index is 1.83. The van der Waals surface area contributed by atoms with Gasteiger partial charge in [0, 0.05) is 24.2 Å². The Morgan fingerprint density at radius 1 is 0.875 bits per heavy atom. The van der Waals surface area contributed by atoms with Crippen LogP contribution in [-0.4, -0.2) is 9.38 Å². The molecule has 3 heteroatoms. The van der Waals surface area contributed by atoms with Crippen molar-refractivity contribution in [2.75, 3.05) is 0 Å². The molecular weight excluding hydrogens is 296 g/mol. The first-order chi connectivity index (χ1) is 11.8. The summed E-state index contributed by atoms with van der Waals surface area (Å²) in [6.07, 6.45) is 2.92. The maximum absolute atomic E-state index is 5.98. The molecule has 0 saturated heterocycles. The number of pyridine rings is 1. The minimum atomic E-state index is 0.813. The van der Waals surface area contributed by atoms with Crippen LogP contribution in [0.25, 0.3) is 16.8 Å². The number of benzene rings is 2. The third-order valence-electron chi connectivity index (χ3n) is 4.03. The van der Waals surface area contributed by atoms with Crippen molar-refractivity contribution in [3.05, 3.63) is 84.8 Å². The van der Waals surface area contributed by atoms with Crippen molar-refractivity contribution < 1.29 is 4.74 Å². The number of nitrogens with zero attached hydrogens (tertiary/aromatic N) is 2. The number of imidazole rings is 1. The lowest BCUT2D eigenvalue weighted by Crippen LogP contribution is -1.92. The van der Waals surface area contributed by atoms with Crippen LogP contribution in [0, 0.1) is 0 Å². The molecule has 0 radical (unpaired) electrons. The minimum Gasteiger partial charge on any atom is -0.457 e. The van der Waals surface area contributed by atoms with Gasteiger partial charge in [-0.15, -0.1) is 0 Å². The number of fused-ring (bicyclic) bond motifs is 1. The molecule has 0 aliphatic heterocycles. The number of hydrogen-bond acceptors (Lipinski definition) is 2.